The largest absolute Gasteiger partial charge is 0.450 e. The number of aryl methyl sites for hydroxylation is 1. The average molecular weight is 404 g/mol. The van der Waals surface area contributed by atoms with Gasteiger partial charge in [-0.05, 0) is 55.0 Å². The number of carbonyl (C=O) groups is 3. The van der Waals surface area contributed by atoms with Crippen LogP contribution in [-0.4, -0.2) is 17.8 Å². The molecule has 1 fully saturated rings. The zero-order chi connectivity index (χ0) is 20.4. The van der Waals surface area contributed by atoms with Gasteiger partial charge < -0.3 is 4.42 Å². The van der Waals surface area contributed by atoms with Crippen LogP contribution in [0.3, 0.4) is 0 Å². The van der Waals surface area contributed by atoms with Gasteiger partial charge in [0.2, 0.25) is 0 Å². The van der Waals surface area contributed by atoms with Crippen LogP contribution in [0.25, 0.3) is 6.08 Å². The summed E-state index contributed by atoms with van der Waals surface area (Å²) in [7, 11) is 0. The van der Waals surface area contributed by atoms with Crippen LogP contribution in [0.4, 0.5) is 10.5 Å². The van der Waals surface area contributed by atoms with Gasteiger partial charge >= 0.3 is 6.03 Å². The zero-order valence-electron chi connectivity index (χ0n) is 15.4. The molecular weight excluding hydrogens is 388 g/mol. The molecule has 0 aliphatic carbocycles. The first-order valence-corrected chi connectivity index (χ1v) is 9.64. The van der Waals surface area contributed by atoms with Crippen LogP contribution in [0.15, 0.2) is 86.7 Å². The van der Waals surface area contributed by atoms with Crippen LogP contribution in [0, 0.1) is 6.92 Å². The lowest BCUT2D eigenvalue weighted by molar-refractivity contribution is -0.122. The van der Waals surface area contributed by atoms with Crippen LogP contribution in [0.1, 0.15) is 11.3 Å². The van der Waals surface area contributed by atoms with Crippen LogP contribution < -0.4 is 10.2 Å². The molecule has 7 heteroatoms. The van der Waals surface area contributed by atoms with Crippen molar-refractivity contribution in [2.24, 2.45) is 0 Å². The Morgan fingerprint density at radius 2 is 1.76 bits per heavy atom. The molecule has 3 aromatic rings. The second kappa shape index (κ2) is 7.81. The minimum absolute atomic E-state index is 0.170. The Balaban J connectivity index is 1.61. The third kappa shape index (κ3) is 4.00. The molecule has 0 radical (unpaired) electrons. The summed E-state index contributed by atoms with van der Waals surface area (Å²) in [6, 6.07) is 19.3. The predicted octanol–water partition coefficient (Wildman–Crippen LogP) is 4.41. The van der Waals surface area contributed by atoms with Gasteiger partial charge in [0.15, 0.2) is 5.09 Å². The van der Waals surface area contributed by atoms with E-state index in [0.717, 1.165) is 15.4 Å². The van der Waals surface area contributed by atoms with E-state index in [4.69, 9.17) is 4.42 Å². The van der Waals surface area contributed by atoms with E-state index >= 15 is 0 Å². The number of rotatable bonds is 4. The third-order valence-corrected chi connectivity index (χ3v) is 5.14. The van der Waals surface area contributed by atoms with Crippen LogP contribution in [-0.2, 0) is 9.59 Å². The molecule has 1 aliphatic heterocycles. The second-order valence-corrected chi connectivity index (χ2v) is 7.45. The maximum absolute atomic E-state index is 12.9. The lowest BCUT2D eigenvalue weighted by atomic mass is 10.1. The molecule has 0 saturated carbocycles. The summed E-state index contributed by atoms with van der Waals surface area (Å²) in [5.41, 5.74) is 1.11. The molecule has 0 spiro atoms. The van der Waals surface area contributed by atoms with Crippen molar-refractivity contribution in [1.29, 1.82) is 0 Å². The molecule has 144 valence electrons. The second-order valence-electron chi connectivity index (χ2n) is 6.37. The SMILES string of the molecule is Cc1cccc(N2C(=O)NC(=O)/C(=C\c3ccc(Sc4ccccc4)o3)C2=O)c1. The Kier molecular flexibility index (Phi) is 5.05. The van der Waals surface area contributed by atoms with Crippen molar-refractivity contribution in [3.05, 3.63) is 83.6 Å². The number of benzene rings is 2. The fourth-order valence-electron chi connectivity index (χ4n) is 2.87. The Hall–Kier alpha value is -3.58. The molecular formula is C22H16N2O4S. The summed E-state index contributed by atoms with van der Waals surface area (Å²) in [4.78, 5) is 39.4. The molecule has 0 unspecified atom stereocenters. The number of imide groups is 2. The normalized spacial score (nSPS) is 15.7. The number of hydrogen-bond acceptors (Lipinski definition) is 5. The topological polar surface area (TPSA) is 79.6 Å². The van der Waals surface area contributed by atoms with E-state index in [1.807, 2.05) is 43.3 Å². The molecule has 2 heterocycles. The summed E-state index contributed by atoms with van der Waals surface area (Å²) in [6.07, 6.45) is 1.35. The molecule has 0 bridgehead atoms. The molecule has 4 rings (SSSR count). The molecule has 0 atom stereocenters. The van der Waals surface area contributed by atoms with Crippen LogP contribution in [0.2, 0.25) is 0 Å². The molecule has 6 nitrogen and oxygen atoms in total. The van der Waals surface area contributed by atoms with Crippen LogP contribution in [0.5, 0.6) is 0 Å². The van der Waals surface area contributed by atoms with E-state index in [1.165, 1.54) is 17.8 Å². The first kappa shape index (κ1) is 18.8. The Morgan fingerprint density at radius 3 is 2.52 bits per heavy atom. The highest BCUT2D eigenvalue weighted by Gasteiger charge is 2.37. The van der Waals surface area contributed by atoms with Crippen molar-refractivity contribution < 1.29 is 18.8 Å². The lowest BCUT2D eigenvalue weighted by Crippen LogP contribution is -2.54. The molecule has 1 aliphatic rings. The maximum Gasteiger partial charge on any atom is 0.335 e. The van der Waals surface area contributed by atoms with Gasteiger partial charge in [-0.15, -0.1) is 0 Å². The van der Waals surface area contributed by atoms with E-state index in [1.54, 1.807) is 30.3 Å². The number of barbiturate groups is 1. The van der Waals surface area contributed by atoms with Crippen molar-refractivity contribution in [1.82, 2.24) is 5.32 Å². The van der Waals surface area contributed by atoms with Crippen LogP contribution >= 0.6 is 11.8 Å². The molecule has 1 aromatic heterocycles. The lowest BCUT2D eigenvalue weighted by Gasteiger charge is -2.26. The van der Waals surface area contributed by atoms with E-state index in [9.17, 15) is 14.4 Å². The van der Waals surface area contributed by atoms with E-state index < -0.39 is 17.8 Å². The van der Waals surface area contributed by atoms with E-state index in [-0.39, 0.29) is 5.57 Å². The quantitative estimate of drug-likeness (QED) is 0.515. The first-order chi connectivity index (χ1) is 14.0. The first-order valence-electron chi connectivity index (χ1n) is 8.82. The van der Waals surface area contributed by atoms with Gasteiger partial charge in [-0.1, -0.05) is 42.1 Å². The van der Waals surface area contributed by atoms with Gasteiger partial charge in [0, 0.05) is 4.90 Å². The van der Waals surface area contributed by atoms with Crippen molar-refractivity contribution in [2.75, 3.05) is 4.90 Å². The average Bonchev–Trinajstić information content (AvgIpc) is 3.13. The molecule has 1 N–H and O–H groups in total. The molecule has 2 aromatic carbocycles. The third-order valence-electron chi connectivity index (χ3n) is 4.21. The number of carbonyl (C=O) groups excluding carboxylic acids is 3. The van der Waals surface area contributed by atoms with Gasteiger partial charge in [0.1, 0.15) is 11.3 Å². The molecule has 29 heavy (non-hydrogen) atoms. The number of furan rings is 1. The number of nitrogens with zero attached hydrogens (tertiary/aromatic N) is 1. The van der Waals surface area contributed by atoms with Gasteiger partial charge in [0.05, 0.1) is 5.69 Å². The number of anilines is 1. The fourth-order valence-corrected chi connectivity index (χ4v) is 3.67. The number of amides is 4. The number of urea groups is 1. The highest BCUT2D eigenvalue weighted by Crippen LogP contribution is 2.30. The maximum atomic E-state index is 12.9. The van der Waals surface area contributed by atoms with Gasteiger partial charge in [-0.25, -0.2) is 9.69 Å². The Labute approximate surface area is 171 Å². The summed E-state index contributed by atoms with van der Waals surface area (Å²) < 4.78 is 5.72. The summed E-state index contributed by atoms with van der Waals surface area (Å²) in [6.45, 7) is 1.85. The fraction of sp³-hybridized carbons (Fsp3) is 0.0455. The number of hydrogen-bond donors (Lipinski definition) is 1. The predicted molar refractivity (Wildman–Crippen MR) is 109 cm³/mol. The number of nitrogens with one attached hydrogen (secondary N) is 1. The Bertz CT molecular complexity index is 1130. The van der Waals surface area contributed by atoms with Gasteiger partial charge in [-0.2, -0.15) is 0 Å². The minimum atomic E-state index is -0.775. The summed E-state index contributed by atoms with van der Waals surface area (Å²) in [5, 5.41) is 2.83. The molecule has 4 amide bonds. The molecule has 1 saturated heterocycles. The monoisotopic (exact) mass is 404 g/mol. The van der Waals surface area contributed by atoms with Crippen molar-refractivity contribution in [2.45, 2.75) is 16.9 Å². The summed E-state index contributed by atoms with van der Waals surface area (Å²) in [5.74, 6) is -1.10. The highest BCUT2D eigenvalue weighted by molar-refractivity contribution is 7.99. The Morgan fingerprint density at radius 1 is 0.966 bits per heavy atom. The zero-order valence-corrected chi connectivity index (χ0v) is 16.2. The smallest absolute Gasteiger partial charge is 0.335 e. The summed E-state index contributed by atoms with van der Waals surface area (Å²) >= 11 is 1.43. The van der Waals surface area contributed by atoms with Gasteiger partial charge in [0.25, 0.3) is 11.8 Å². The highest BCUT2D eigenvalue weighted by atomic mass is 32.2. The minimum Gasteiger partial charge on any atom is -0.450 e. The van der Waals surface area contributed by atoms with Crippen molar-refractivity contribution >= 4 is 41.4 Å². The van der Waals surface area contributed by atoms with Crippen molar-refractivity contribution in [3.8, 4) is 0 Å². The van der Waals surface area contributed by atoms with E-state index in [0.29, 0.717) is 16.5 Å². The van der Waals surface area contributed by atoms with E-state index in [2.05, 4.69) is 5.32 Å². The van der Waals surface area contributed by atoms with Crippen molar-refractivity contribution in [3.63, 3.8) is 0 Å². The standard InChI is InChI=1S/C22H16N2O4S/c1-14-6-5-7-15(12-14)24-21(26)18(20(25)23-22(24)27)13-16-10-11-19(28-16)29-17-8-3-2-4-9-17/h2-13H,1H3,(H,23,25,27)/b18-13+. The van der Waals surface area contributed by atoms with Gasteiger partial charge in [-0.3, -0.25) is 14.9 Å².